The third-order valence-corrected chi connectivity index (χ3v) is 3.89. The van der Waals surface area contributed by atoms with Gasteiger partial charge < -0.3 is 11.1 Å². The minimum Gasteiger partial charge on any atom is -0.393 e. The van der Waals surface area contributed by atoms with Gasteiger partial charge in [0.1, 0.15) is 12.0 Å². The molecule has 4 nitrogen and oxygen atoms in total. The number of nitrogens with two attached hydrogens (primary N) is 1. The van der Waals surface area contributed by atoms with Crippen LogP contribution in [0.2, 0.25) is 5.15 Å². The lowest BCUT2D eigenvalue weighted by atomic mass is 9.80. The highest BCUT2D eigenvalue weighted by Gasteiger charge is 2.26. The van der Waals surface area contributed by atoms with Gasteiger partial charge >= 0.3 is 0 Å². The number of aromatic nitrogens is 2. The van der Waals surface area contributed by atoms with Crippen LogP contribution >= 0.6 is 11.6 Å². The van der Waals surface area contributed by atoms with Crippen LogP contribution in [0.25, 0.3) is 0 Å². The third kappa shape index (κ3) is 2.80. The summed E-state index contributed by atoms with van der Waals surface area (Å²) in [4.78, 5) is 8.01. The van der Waals surface area contributed by atoms with Crippen LogP contribution in [-0.2, 0) is 0 Å². The highest BCUT2D eigenvalue weighted by molar-refractivity contribution is 6.32. The zero-order chi connectivity index (χ0) is 12.4. The van der Waals surface area contributed by atoms with Gasteiger partial charge in [0.25, 0.3) is 0 Å². The molecule has 1 heterocycles. The SMILES string of the molecule is CC1CCC(Nc2ncnc(Cl)c2N)C(C)C1. The van der Waals surface area contributed by atoms with E-state index in [1.54, 1.807) is 0 Å². The lowest BCUT2D eigenvalue weighted by molar-refractivity contribution is 0.276. The van der Waals surface area contributed by atoms with E-state index < -0.39 is 0 Å². The Balaban J connectivity index is 2.08. The Morgan fingerprint density at radius 3 is 2.82 bits per heavy atom. The van der Waals surface area contributed by atoms with Gasteiger partial charge in [0.2, 0.25) is 0 Å². The summed E-state index contributed by atoms with van der Waals surface area (Å²) in [7, 11) is 0. The number of rotatable bonds is 2. The van der Waals surface area contributed by atoms with Crippen LogP contribution in [0, 0.1) is 11.8 Å². The minimum atomic E-state index is 0.319. The van der Waals surface area contributed by atoms with Crippen molar-refractivity contribution in [1.82, 2.24) is 9.97 Å². The van der Waals surface area contributed by atoms with Crippen molar-refractivity contribution in [1.29, 1.82) is 0 Å². The second-order valence-corrected chi connectivity index (χ2v) is 5.43. The van der Waals surface area contributed by atoms with Gasteiger partial charge in [0.15, 0.2) is 11.0 Å². The molecule has 1 fully saturated rings. The predicted molar refractivity (Wildman–Crippen MR) is 71.0 cm³/mol. The number of anilines is 2. The van der Waals surface area contributed by atoms with Crippen molar-refractivity contribution in [2.45, 2.75) is 39.2 Å². The summed E-state index contributed by atoms with van der Waals surface area (Å²) in [5, 5.41) is 3.72. The van der Waals surface area contributed by atoms with Gasteiger partial charge in [-0.3, -0.25) is 0 Å². The Labute approximate surface area is 107 Å². The lowest BCUT2D eigenvalue weighted by Gasteiger charge is -2.33. The van der Waals surface area contributed by atoms with Crippen molar-refractivity contribution in [3.63, 3.8) is 0 Å². The topological polar surface area (TPSA) is 63.8 Å². The van der Waals surface area contributed by atoms with Crippen molar-refractivity contribution in [3.05, 3.63) is 11.5 Å². The van der Waals surface area contributed by atoms with Gasteiger partial charge in [0, 0.05) is 6.04 Å². The molecule has 0 amide bonds. The quantitative estimate of drug-likeness (QED) is 0.797. The van der Waals surface area contributed by atoms with Gasteiger partial charge in [-0.15, -0.1) is 0 Å². The molecule has 2 rings (SSSR count). The van der Waals surface area contributed by atoms with E-state index in [4.69, 9.17) is 17.3 Å². The van der Waals surface area contributed by atoms with E-state index in [0.717, 1.165) is 12.3 Å². The Hall–Kier alpha value is -1.03. The van der Waals surface area contributed by atoms with Gasteiger partial charge in [-0.2, -0.15) is 0 Å². The Kier molecular flexibility index (Phi) is 3.72. The predicted octanol–water partition coefficient (Wildman–Crippen LogP) is 2.95. The molecule has 0 aromatic carbocycles. The zero-order valence-electron chi connectivity index (χ0n) is 10.3. The maximum absolute atomic E-state index is 5.87. The van der Waals surface area contributed by atoms with Crippen LogP contribution < -0.4 is 11.1 Å². The van der Waals surface area contributed by atoms with E-state index in [0.29, 0.717) is 28.6 Å². The summed E-state index contributed by atoms with van der Waals surface area (Å²) in [6, 6.07) is 0.430. The molecule has 1 aromatic rings. The number of halogens is 1. The van der Waals surface area contributed by atoms with Crippen LogP contribution in [0.5, 0.6) is 0 Å². The summed E-state index contributed by atoms with van der Waals surface area (Å²) in [6.07, 6.45) is 5.09. The molecule has 94 valence electrons. The molecular weight excluding hydrogens is 236 g/mol. The van der Waals surface area contributed by atoms with Crippen LogP contribution in [-0.4, -0.2) is 16.0 Å². The molecule has 0 spiro atoms. The molecule has 0 radical (unpaired) electrons. The first kappa shape index (κ1) is 12.4. The normalized spacial score (nSPS) is 29.0. The molecule has 0 aliphatic heterocycles. The molecule has 0 saturated heterocycles. The fraction of sp³-hybridized carbons (Fsp3) is 0.667. The van der Waals surface area contributed by atoms with E-state index in [2.05, 4.69) is 29.1 Å². The maximum Gasteiger partial charge on any atom is 0.157 e. The van der Waals surface area contributed by atoms with E-state index in [1.807, 2.05) is 0 Å². The molecule has 0 bridgehead atoms. The van der Waals surface area contributed by atoms with E-state index in [1.165, 1.54) is 19.2 Å². The molecule has 1 aliphatic carbocycles. The zero-order valence-corrected chi connectivity index (χ0v) is 11.0. The molecule has 1 aliphatic rings. The number of nitrogen functional groups attached to an aromatic ring is 1. The van der Waals surface area contributed by atoms with E-state index >= 15 is 0 Å². The van der Waals surface area contributed by atoms with Crippen molar-refractivity contribution >= 4 is 23.1 Å². The summed E-state index contributed by atoms with van der Waals surface area (Å²) in [5.74, 6) is 2.11. The minimum absolute atomic E-state index is 0.319. The van der Waals surface area contributed by atoms with Gasteiger partial charge in [0.05, 0.1) is 0 Å². The van der Waals surface area contributed by atoms with Gasteiger partial charge in [-0.05, 0) is 31.1 Å². The number of nitrogens with zero attached hydrogens (tertiary/aromatic N) is 2. The standard InChI is InChI=1S/C12H19ClN4/c1-7-3-4-9(8(2)5-7)17-12-10(14)11(13)15-6-16-12/h6-9H,3-5,14H2,1-2H3,(H,15,16,17). The number of hydrogen-bond donors (Lipinski definition) is 2. The molecule has 5 heteroatoms. The van der Waals surface area contributed by atoms with Crippen molar-refractivity contribution in [3.8, 4) is 0 Å². The smallest absolute Gasteiger partial charge is 0.157 e. The molecule has 17 heavy (non-hydrogen) atoms. The summed E-state index contributed by atoms with van der Waals surface area (Å²) in [6.45, 7) is 4.58. The number of nitrogens with one attached hydrogen (secondary N) is 1. The Morgan fingerprint density at radius 2 is 2.12 bits per heavy atom. The van der Waals surface area contributed by atoms with Gasteiger partial charge in [-0.1, -0.05) is 25.4 Å². The van der Waals surface area contributed by atoms with E-state index in [9.17, 15) is 0 Å². The summed E-state index contributed by atoms with van der Waals surface area (Å²) < 4.78 is 0. The monoisotopic (exact) mass is 254 g/mol. The first-order valence-corrected chi connectivity index (χ1v) is 6.48. The Bertz CT molecular complexity index is 396. The van der Waals surface area contributed by atoms with Crippen LogP contribution in [0.15, 0.2) is 6.33 Å². The maximum atomic E-state index is 5.87. The molecular formula is C12H19ClN4. The largest absolute Gasteiger partial charge is 0.393 e. The second kappa shape index (κ2) is 5.08. The average molecular weight is 255 g/mol. The lowest BCUT2D eigenvalue weighted by Crippen LogP contribution is -2.33. The first-order chi connectivity index (χ1) is 8.08. The van der Waals surface area contributed by atoms with Crippen LogP contribution in [0.1, 0.15) is 33.1 Å². The summed E-state index contributed by atoms with van der Waals surface area (Å²) in [5.41, 5.74) is 6.30. The molecule has 3 atom stereocenters. The van der Waals surface area contributed by atoms with Crippen molar-refractivity contribution in [2.24, 2.45) is 11.8 Å². The number of hydrogen-bond acceptors (Lipinski definition) is 4. The van der Waals surface area contributed by atoms with Gasteiger partial charge in [-0.25, -0.2) is 9.97 Å². The third-order valence-electron chi connectivity index (χ3n) is 3.59. The van der Waals surface area contributed by atoms with Crippen LogP contribution in [0.3, 0.4) is 0 Å². The molecule has 1 saturated carbocycles. The first-order valence-electron chi connectivity index (χ1n) is 6.10. The second-order valence-electron chi connectivity index (χ2n) is 5.07. The average Bonchev–Trinajstić information content (AvgIpc) is 2.28. The molecule has 3 unspecified atom stereocenters. The van der Waals surface area contributed by atoms with Crippen molar-refractivity contribution < 1.29 is 0 Å². The van der Waals surface area contributed by atoms with Crippen molar-refractivity contribution in [2.75, 3.05) is 11.1 Å². The molecule has 1 aromatic heterocycles. The van der Waals surface area contributed by atoms with Crippen LogP contribution in [0.4, 0.5) is 11.5 Å². The fourth-order valence-corrected chi connectivity index (χ4v) is 2.68. The molecule has 3 N–H and O–H groups in total. The fourth-order valence-electron chi connectivity index (χ4n) is 2.54. The highest BCUT2D eigenvalue weighted by Crippen LogP contribution is 2.32. The summed E-state index contributed by atoms with van der Waals surface area (Å²) >= 11 is 5.87. The van der Waals surface area contributed by atoms with E-state index in [-0.39, 0.29) is 0 Å². The highest BCUT2D eigenvalue weighted by atomic mass is 35.5. The Morgan fingerprint density at radius 1 is 1.35 bits per heavy atom.